The smallest absolute Gasteiger partial charge is 0.306 e. The third-order valence-corrected chi connectivity index (χ3v) is 15.5. The number of hydrogen-bond donors (Lipinski definition) is 1. The predicted octanol–water partition coefficient (Wildman–Crippen LogP) is 21.4. The van der Waals surface area contributed by atoms with Gasteiger partial charge < -0.3 is 28.5 Å². The minimum absolute atomic E-state index is 0.0369. The molecular formula is C75H129N2O7P. The van der Waals surface area contributed by atoms with Gasteiger partial charge in [0.15, 0.2) is 0 Å². The number of nitrogens with zero attached hydrogens (tertiary/aromatic N) is 1. The SMILES string of the molecule is CC/C=C\C/C=C\C/C=C\C/C=C\C/C=C\C/C=C\CCCCCCC(=O)NC(COP(=O)([O-])OCC[N+](C)(C)C)C(/C=C/CCCCCCCCCCCCC)OC(=O)CCCCCCCCC/C=C\C/C=C\C/C=C\C/C=C\CCCCC. The van der Waals surface area contributed by atoms with Gasteiger partial charge in [0.25, 0.3) is 7.82 Å². The van der Waals surface area contributed by atoms with E-state index in [1.54, 1.807) is 0 Å². The highest BCUT2D eigenvalue weighted by atomic mass is 31.2. The summed E-state index contributed by atoms with van der Waals surface area (Å²) in [5.74, 6) is -0.588. The molecule has 1 N–H and O–H groups in total. The van der Waals surface area contributed by atoms with Gasteiger partial charge in [-0.2, -0.15) is 0 Å². The topological polar surface area (TPSA) is 114 Å². The first kappa shape index (κ1) is 81.2. The number of rotatable bonds is 61. The number of unbranched alkanes of at least 4 members (excludes halogenated alkanes) is 25. The average Bonchev–Trinajstić information content (AvgIpc) is 3.52. The van der Waals surface area contributed by atoms with Crippen LogP contribution >= 0.6 is 7.82 Å². The van der Waals surface area contributed by atoms with Crippen molar-refractivity contribution in [3.63, 3.8) is 0 Å². The van der Waals surface area contributed by atoms with E-state index in [1.165, 1.54) is 103 Å². The zero-order chi connectivity index (χ0) is 62.1. The summed E-state index contributed by atoms with van der Waals surface area (Å²) in [7, 11) is 1.14. The highest BCUT2D eigenvalue weighted by molar-refractivity contribution is 7.45. The van der Waals surface area contributed by atoms with Crippen LogP contribution in [0.25, 0.3) is 0 Å². The summed E-state index contributed by atoms with van der Waals surface area (Å²) >= 11 is 0. The van der Waals surface area contributed by atoms with Crippen LogP contribution in [0.2, 0.25) is 0 Å². The Morgan fingerprint density at radius 2 is 0.753 bits per heavy atom. The lowest BCUT2D eigenvalue weighted by Gasteiger charge is -2.30. The molecule has 0 saturated carbocycles. The maximum Gasteiger partial charge on any atom is 0.306 e. The van der Waals surface area contributed by atoms with Gasteiger partial charge in [0, 0.05) is 12.8 Å². The monoisotopic (exact) mass is 1200 g/mol. The number of phosphoric acid groups is 1. The maximum absolute atomic E-state index is 13.6. The molecule has 0 aliphatic heterocycles. The van der Waals surface area contributed by atoms with Gasteiger partial charge in [0.05, 0.1) is 33.8 Å². The van der Waals surface area contributed by atoms with Gasteiger partial charge in [-0.3, -0.25) is 14.2 Å². The standard InChI is InChI=1S/C75H129N2O7P/c1-7-10-13-16-19-22-25-28-30-32-34-36-38-40-42-44-46-49-52-55-58-61-64-67-74(78)76-72(71-83-85(80,81)82-70-69-77(4,5)6)73(66-63-60-57-54-51-48-27-24-21-18-15-12-9-3)84-75(79)68-65-62-59-56-53-50-47-45-43-41-39-37-35-33-31-29-26-23-20-17-14-11-8-2/h10,13,19-20,22-23,28-31,34-37,40-43,46,49,63,66,72-73H,7-9,11-12,14-18,21,24-27,32-33,38-39,44-45,47-48,50-62,64-65,67-71H2,1-6H3,(H-,76,78,80,81)/b13-10-,22-19-,23-20-,30-28-,31-29-,36-34-,37-35-,42-40-,43-41-,49-46-,66-63+. The number of phosphoric ester groups is 1. The van der Waals surface area contributed by atoms with Crippen LogP contribution in [0.1, 0.15) is 278 Å². The summed E-state index contributed by atoms with van der Waals surface area (Å²) in [6.07, 6.45) is 89.9. The number of amides is 1. The van der Waals surface area contributed by atoms with E-state index in [-0.39, 0.29) is 31.3 Å². The highest BCUT2D eigenvalue weighted by Gasteiger charge is 2.27. The van der Waals surface area contributed by atoms with Gasteiger partial charge in [-0.1, -0.05) is 270 Å². The zero-order valence-electron chi connectivity index (χ0n) is 55.5. The molecule has 0 spiro atoms. The third kappa shape index (κ3) is 64.5. The maximum atomic E-state index is 13.6. The number of likely N-dealkylation sites (N-methyl/N-ethyl adjacent to an activating group) is 1. The van der Waals surface area contributed by atoms with Crippen LogP contribution in [0.15, 0.2) is 134 Å². The molecule has 1 amide bonds. The van der Waals surface area contributed by atoms with Gasteiger partial charge >= 0.3 is 5.97 Å². The van der Waals surface area contributed by atoms with Crippen molar-refractivity contribution in [1.82, 2.24) is 5.32 Å². The molecule has 10 heteroatoms. The molecule has 0 fully saturated rings. The molecule has 9 nitrogen and oxygen atoms in total. The van der Waals surface area contributed by atoms with E-state index in [0.717, 1.165) is 128 Å². The Morgan fingerprint density at radius 1 is 0.424 bits per heavy atom. The van der Waals surface area contributed by atoms with Crippen molar-refractivity contribution in [3.8, 4) is 0 Å². The largest absolute Gasteiger partial charge is 0.756 e. The van der Waals surface area contributed by atoms with Gasteiger partial charge in [0.2, 0.25) is 5.91 Å². The number of ether oxygens (including phenoxy) is 1. The lowest BCUT2D eigenvalue weighted by molar-refractivity contribution is -0.870. The summed E-state index contributed by atoms with van der Waals surface area (Å²) in [6.45, 7) is 6.67. The number of carbonyl (C=O) groups excluding carboxylic acids is 2. The first-order valence-electron chi connectivity index (χ1n) is 34.5. The number of allylic oxidation sites excluding steroid dienone is 21. The second-order valence-electron chi connectivity index (χ2n) is 23.9. The van der Waals surface area contributed by atoms with Crippen LogP contribution in [0.4, 0.5) is 0 Å². The second kappa shape index (κ2) is 63.2. The molecule has 0 rings (SSSR count). The van der Waals surface area contributed by atoms with Crippen LogP contribution in [0.5, 0.6) is 0 Å². The molecule has 85 heavy (non-hydrogen) atoms. The van der Waals surface area contributed by atoms with Crippen LogP contribution in [-0.4, -0.2) is 69.4 Å². The molecule has 0 bridgehead atoms. The van der Waals surface area contributed by atoms with E-state index in [0.29, 0.717) is 23.9 Å². The zero-order valence-corrected chi connectivity index (χ0v) is 56.4. The summed E-state index contributed by atoms with van der Waals surface area (Å²) in [6, 6.07) is -0.918. The van der Waals surface area contributed by atoms with Gasteiger partial charge in [0.1, 0.15) is 19.3 Å². The third-order valence-electron chi connectivity index (χ3n) is 14.6. The normalized spacial score (nSPS) is 14.4. The molecule has 3 atom stereocenters. The Bertz CT molecular complexity index is 1920. The number of carbonyl (C=O) groups is 2. The van der Waals surface area contributed by atoms with Crippen LogP contribution in [-0.2, 0) is 27.9 Å². The summed E-state index contributed by atoms with van der Waals surface area (Å²) < 4.78 is 30.4. The number of esters is 1. The molecule has 3 unspecified atom stereocenters. The van der Waals surface area contributed by atoms with Gasteiger partial charge in [-0.15, -0.1) is 0 Å². The molecule has 0 heterocycles. The molecule has 0 saturated heterocycles. The minimum Gasteiger partial charge on any atom is -0.756 e. The average molecular weight is 1200 g/mol. The number of quaternary nitrogens is 1. The Hall–Kier alpha value is -3.85. The molecule has 0 aliphatic carbocycles. The molecule has 0 radical (unpaired) electrons. The Morgan fingerprint density at radius 3 is 1.15 bits per heavy atom. The van der Waals surface area contributed by atoms with E-state index in [4.69, 9.17) is 13.8 Å². The van der Waals surface area contributed by atoms with Crippen molar-refractivity contribution in [3.05, 3.63) is 134 Å². The quantitative estimate of drug-likeness (QED) is 0.0212. The summed E-state index contributed by atoms with van der Waals surface area (Å²) in [4.78, 5) is 40.2. The Balaban J connectivity index is 5.27. The van der Waals surface area contributed by atoms with E-state index >= 15 is 0 Å². The van der Waals surface area contributed by atoms with Crippen molar-refractivity contribution in [1.29, 1.82) is 0 Å². The summed E-state index contributed by atoms with van der Waals surface area (Å²) in [5.41, 5.74) is 0. The fourth-order valence-corrected chi connectivity index (χ4v) is 10.00. The van der Waals surface area contributed by atoms with Crippen molar-refractivity contribution in [2.75, 3.05) is 40.9 Å². The van der Waals surface area contributed by atoms with Gasteiger partial charge in [-0.05, 0) is 128 Å². The fraction of sp³-hybridized carbons (Fsp3) is 0.680. The van der Waals surface area contributed by atoms with Crippen molar-refractivity contribution < 1.29 is 37.3 Å². The summed E-state index contributed by atoms with van der Waals surface area (Å²) in [5, 5.41) is 3.02. The molecule has 0 aromatic heterocycles. The number of hydrogen-bond acceptors (Lipinski definition) is 7. The molecule has 486 valence electrons. The molecule has 0 aromatic carbocycles. The van der Waals surface area contributed by atoms with Crippen molar-refractivity contribution in [2.45, 2.75) is 290 Å². The molecule has 0 aliphatic rings. The second-order valence-corrected chi connectivity index (χ2v) is 25.4. The van der Waals surface area contributed by atoms with E-state index in [9.17, 15) is 19.0 Å². The lowest BCUT2D eigenvalue weighted by atomic mass is 10.0. The van der Waals surface area contributed by atoms with E-state index in [1.807, 2.05) is 33.3 Å². The van der Waals surface area contributed by atoms with Crippen molar-refractivity contribution >= 4 is 19.7 Å². The highest BCUT2D eigenvalue weighted by Crippen LogP contribution is 2.38. The minimum atomic E-state index is -4.72. The van der Waals surface area contributed by atoms with Gasteiger partial charge in [-0.25, -0.2) is 0 Å². The van der Waals surface area contributed by atoms with Crippen LogP contribution in [0.3, 0.4) is 0 Å². The van der Waals surface area contributed by atoms with Crippen molar-refractivity contribution in [2.24, 2.45) is 0 Å². The fourth-order valence-electron chi connectivity index (χ4n) is 9.27. The van der Waals surface area contributed by atoms with E-state index < -0.39 is 26.6 Å². The molecule has 0 aromatic rings. The lowest BCUT2D eigenvalue weighted by Crippen LogP contribution is -2.47. The first-order valence-corrected chi connectivity index (χ1v) is 36.0. The Kier molecular flexibility index (Phi) is 60.3. The van der Waals surface area contributed by atoms with Crippen LogP contribution in [0, 0.1) is 0 Å². The first-order chi connectivity index (χ1) is 41.4. The number of nitrogens with one attached hydrogen (secondary N) is 1. The molecular weight excluding hydrogens is 1070 g/mol. The predicted molar refractivity (Wildman–Crippen MR) is 366 cm³/mol. The van der Waals surface area contributed by atoms with E-state index in [2.05, 4.69) is 148 Å². The Labute approximate surface area is 524 Å². The van der Waals surface area contributed by atoms with Crippen LogP contribution < -0.4 is 10.2 Å².